The van der Waals surface area contributed by atoms with Gasteiger partial charge in [0, 0.05) is 25.4 Å². The molecule has 18 heavy (non-hydrogen) atoms. The molecule has 0 saturated heterocycles. The van der Waals surface area contributed by atoms with E-state index < -0.39 is 0 Å². The second kappa shape index (κ2) is 5.87. The number of hydrogen-bond acceptors (Lipinski definition) is 2. The van der Waals surface area contributed by atoms with Gasteiger partial charge < -0.3 is 9.67 Å². The predicted octanol–water partition coefficient (Wildman–Crippen LogP) is 3.17. The molecule has 1 heterocycles. The Morgan fingerprint density at radius 2 is 2.11 bits per heavy atom. The van der Waals surface area contributed by atoms with Gasteiger partial charge in [0.15, 0.2) is 0 Å². The lowest BCUT2D eigenvalue weighted by atomic mass is 9.71. The first-order chi connectivity index (χ1) is 8.65. The quantitative estimate of drug-likeness (QED) is 0.871. The molecule has 0 bridgehead atoms. The highest BCUT2D eigenvalue weighted by Crippen LogP contribution is 2.39. The van der Waals surface area contributed by atoms with Gasteiger partial charge in [0.25, 0.3) is 0 Å². The topological polar surface area (TPSA) is 38.0 Å². The van der Waals surface area contributed by atoms with Crippen molar-refractivity contribution < 1.29 is 5.11 Å². The lowest BCUT2D eigenvalue weighted by Gasteiger charge is -2.37. The second-order valence-electron chi connectivity index (χ2n) is 5.97. The number of nitrogens with zero attached hydrogens (tertiary/aromatic N) is 2. The van der Waals surface area contributed by atoms with E-state index in [2.05, 4.69) is 23.4 Å². The maximum Gasteiger partial charge on any atom is 0.111 e. The molecule has 1 atom stereocenters. The van der Waals surface area contributed by atoms with Crippen LogP contribution < -0.4 is 0 Å². The summed E-state index contributed by atoms with van der Waals surface area (Å²) in [4.78, 5) is 4.40. The highest BCUT2D eigenvalue weighted by molar-refractivity contribution is 4.98. The Balaban J connectivity index is 2.01. The van der Waals surface area contributed by atoms with Crippen molar-refractivity contribution in [3.63, 3.8) is 0 Å². The molecule has 102 valence electrons. The molecule has 1 aromatic rings. The normalized spacial score (nSPS) is 20.8. The van der Waals surface area contributed by atoms with E-state index in [4.69, 9.17) is 0 Å². The minimum atomic E-state index is -0.254. The number of aliphatic hydroxyl groups is 1. The van der Waals surface area contributed by atoms with Crippen LogP contribution in [0.5, 0.6) is 0 Å². The fraction of sp³-hybridized carbons (Fsp3) is 0.800. The number of aromatic nitrogens is 2. The van der Waals surface area contributed by atoms with Crippen molar-refractivity contribution in [1.29, 1.82) is 0 Å². The predicted molar refractivity (Wildman–Crippen MR) is 73.4 cm³/mol. The van der Waals surface area contributed by atoms with Crippen molar-refractivity contribution in [2.24, 2.45) is 5.41 Å². The molecule has 3 heteroatoms. The summed E-state index contributed by atoms with van der Waals surface area (Å²) in [7, 11) is 0. The van der Waals surface area contributed by atoms with Gasteiger partial charge in [-0.1, -0.05) is 33.1 Å². The molecule has 1 saturated carbocycles. The molecule has 3 nitrogen and oxygen atoms in total. The summed E-state index contributed by atoms with van der Waals surface area (Å²) in [6, 6.07) is 0. The Kier molecular flexibility index (Phi) is 4.44. The zero-order valence-electron chi connectivity index (χ0n) is 11.7. The van der Waals surface area contributed by atoms with Crippen LogP contribution in [0.3, 0.4) is 0 Å². The van der Waals surface area contributed by atoms with Crippen molar-refractivity contribution in [3.8, 4) is 0 Å². The molecule has 1 aliphatic carbocycles. The van der Waals surface area contributed by atoms with E-state index in [-0.39, 0.29) is 11.5 Å². The summed E-state index contributed by atoms with van der Waals surface area (Å²) in [5.41, 5.74) is 0.0985. The molecular weight excluding hydrogens is 224 g/mol. The number of hydrogen-bond donors (Lipinski definition) is 1. The molecule has 1 N–H and O–H groups in total. The first-order valence-electron chi connectivity index (χ1n) is 7.34. The van der Waals surface area contributed by atoms with Gasteiger partial charge in [-0.2, -0.15) is 0 Å². The van der Waals surface area contributed by atoms with Crippen molar-refractivity contribution in [3.05, 3.63) is 18.2 Å². The van der Waals surface area contributed by atoms with E-state index in [9.17, 15) is 5.11 Å². The molecule has 2 rings (SSSR count). The Labute approximate surface area is 110 Å². The minimum absolute atomic E-state index is 0.0985. The van der Waals surface area contributed by atoms with Crippen molar-refractivity contribution in [1.82, 2.24) is 9.55 Å². The zero-order valence-corrected chi connectivity index (χ0v) is 11.7. The van der Waals surface area contributed by atoms with Crippen molar-refractivity contribution in [2.45, 2.75) is 71.4 Å². The SMILES string of the molecule is CCCn1ccnc1CC(O)C1(C)CCCCC1. The van der Waals surface area contributed by atoms with Gasteiger partial charge in [-0.3, -0.25) is 0 Å². The lowest BCUT2D eigenvalue weighted by Crippen LogP contribution is -2.36. The van der Waals surface area contributed by atoms with Crippen LogP contribution in [0.4, 0.5) is 0 Å². The Morgan fingerprint density at radius 1 is 1.39 bits per heavy atom. The molecule has 1 aliphatic rings. The first kappa shape index (κ1) is 13.6. The third kappa shape index (κ3) is 2.94. The summed E-state index contributed by atoms with van der Waals surface area (Å²) in [6.07, 6.45) is 11.6. The molecule has 1 unspecified atom stereocenters. The van der Waals surface area contributed by atoms with Crippen LogP contribution in [0.2, 0.25) is 0 Å². The van der Waals surface area contributed by atoms with Crippen LogP contribution in [0.25, 0.3) is 0 Å². The van der Waals surface area contributed by atoms with Gasteiger partial charge in [0.05, 0.1) is 6.10 Å². The lowest BCUT2D eigenvalue weighted by molar-refractivity contribution is 0.00859. The molecular formula is C15H26N2O. The maximum absolute atomic E-state index is 10.5. The average molecular weight is 250 g/mol. The smallest absolute Gasteiger partial charge is 0.111 e. The van der Waals surface area contributed by atoms with Crippen LogP contribution >= 0.6 is 0 Å². The second-order valence-corrected chi connectivity index (χ2v) is 5.97. The summed E-state index contributed by atoms with van der Waals surface area (Å²) in [5.74, 6) is 1.04. The highest BCUT2D eigenvalue weighted by Gasteiger charge is 2.34. The van der Waals surface area contributed by atoms with Gasteiger partial charge in [0.1, 0.15) is 5.82 Å². The van der Waals surface area contributed by atoms with E-state index in [0.717, 1.165) is 31.6 Å². The third-order valence-electron chi connectivity index (χ3n) is 4.44. The monoisotopic (exact) mass is 250 g/mol. The van der Waals surface area contributed by atoms with Crippen LogP contribution in [0, 0.1) is 5.41 Å². The molecule has 0 radical (unpaired) electrons. The van der Waals surface area contributed by atoms with E-state index in [1.54, 1.807) is 0 Å². The van der Waals surface area contributed by atoms with E-state index in [1.165, 1.54) is 19.3 Å². The zero-order chi connectivity index (χ0) is 13.0. The van der Waals surface area contributed by atoms with Gasteiger partial charge in [0.2, 0.25) is 0 Å². The summed E-state index contributed by atoms with van der Waals surface area (Å²) < 4.78 is 2.18. The minimum Gasteiger partial charge on any atom is -0.392 e. The molecule has 0 spiro atoms. The molecule has 1 fully saturated rings. The van der Waals surface area contributed by atoms with Gasteiger partial charge in [-0.25, -0.2) is 4.98 Å². The van der Waals surface area contributed by atoms with Crippen LogP contribution in [0.1, 0.15) is 58.2 Å². The fourth-order valence-corrected chi connectivity index (χ4v) is 3.09. The molecule has 0 amide bonds. The van der Waals surface area contributed by atoms with Crippen LogP contribution in [-0.4, -0.2) is 20.8 Å². The molecule has 0 aliphatic heterocycles. The van der Waals surface area contributed by atoms with Crippen LogP contribution in [0.15, 0.2) is 12.4 Å². The highest BCUT2D eigenvalue weighted by atomic mass is 16.3. The van der Waals surface area contributed by atoms with Gasteiger partial charge >= 0.3 is 0 Å². The van der Waals surface area contributed by atoms with Gasteiger partial charge in [-0.15, -0.1) is 0 Å². The van der Waals surface area contributed by atoms with Crippen molar-refractivity contribution >= 4 is 0 Å². The third-order valence-corrected chi connectivity index (χ3v) is 4.44. The number of rotatable bonds is 5. The maximum atomic E-state index is 10.5. The van der Waals surface area contributed by atoms with Gasteiger partial charge in [-0.05, 0) is 24.7 Å². The molecule has 0 aromatic carbocycles. The van der Waals surface area contributed by atoms with Crippen molar-refractivity contribution in [2.75, 3.05) is 0 Å². The average Bonchev–Trinajstić information content (AvgIpc) is 2.78. The van der Waals surface area contributed by atoms with E-state index in [0.29, 0.717) is 6.42 Å². The fourth-order valence-electron chi connectivity index (χ4n) is 3.09. The van der Waals surface area contributed by atoms with Crippen LogP contribution in [-0.2, 0) is 13.0 Å². The van der Waals surface area contributed by atoms with E-state index in [1.807, 2.05) is 12.4 Å². The Bertz CT molecular complexity index is 366. The Morgan fingerprint density at radius 3 is 2.78 bits per heavy atom. The summed E-state index contributed by atoms with van der Waals surface area (Å²) in [6.45, 7) is 5.41. The number of imidazole rings is 1. The summed E-state index contributed by atoms with van der Waals surface area (Å²) in [5, 5.41) is 10.5. The van der Waals surface area contributed by atoms with E-state index >= 15 is 0 Å². The first-order valence-corrected chi connectivity index (χ1v) is 7.34. The largest absolute Gasteiger partial charge is 0.392 e. The summed E-state index contributed by atoms with van der Waals surface area (Å²) >= 11 is 0. The number of aliphatic hydroxyl groups excluding tert-OH is 1. The Hall–Kier alpha value is -0.830. The standard InChI is InChI=1S/C15H26N2O/c1-3-10-17-11-9-16-14(17)12-13(18)15(2)7-5-4-6-8-15/h9,11,13,18H,3-8,10,12H2,1-2H3. The number of aryl methyl sites for hydroxylation is 1. The molecule has 1 aromatic heterocycles.